The quantitative estimate of drug-likeness (QED) is 0.855. The van der Waals surface area contributed by atoms with Gasteiger partial charge in [-0.05, 0) is 37.2 Å². The molecule has 1 aromatic carbocycles. The van der Waals surface area contributed by atoms with Gasteiger partial charge in [-0.2, -0.15) is 0 Å². The van der Waals surface area contributed by atoms with Crippen molar-refractivity contribution in [3.63, 3.8) is 0 Å². The third-order valence-corrected chi connectivity index (χ3v) is 3.14. The number of anilines is 1. The van der Waals surface area contributed by atoms with Gasteiger partial charge in [-0.1, -0.05) is 0 Å². The van der Waals surface area contributed by atoms with Crippen LogP contribution in [0.15, 0.2) is 24.3 Å². The number of hydrogen-bond donors (Lipinski definition) is 2. The molecule has 0 spiro atoms. The van der Waals surface area contributed by atoms with Crippen molar-refractivity contribution in [2.45, 2.75) is 18.9 Å². The van der Waals surface area contributed by atoms with E-state index in [1.807, 2.05) is 4.90 Å². The van der Waals surface area contributed by atoms with Gasteiger partial charge in [0.1, 0.15) is 5.82 Å². The molecule has 18 heavy (non-hydrogen) atoms. The molecule has 1 aliphatic heterocycles. The molecule has 0 aliphatic carbocycles. The van der Waals surface area contributed by atoms with Crippen LogP contribution in [0.4, 0.5) is 10.1 Å². The number of hydrogen-bond acceptors (Lipinski definition) is 3. The highest BCUT2D eigenvalue weighted by molar-refractivity contribution is 5.68. The molecule has 1 aromatic rings. The fourth-order valence-corrected chi connectivity index (χ4v) is 2.29. The van der Waals surface area contributed by atoms with Crippen LogP contribution in [0.5, 0.6) is 0 Å². The molecule has 0 saturated carbocycles. The molecule has 1 saturated heterocycles. The minimum atomic E-state index is -0.809. The minimum absolute atomic E-state index is 0.0875. The van der Waals surface area contributed by atoms with Crippen LogP contribution in [0.3, 0.4) is 0 Å². The lowest BCUT2D eigenvalue weighted by Crippen LogP contribution is -2.41. The summed E-state index contributed by atoms with van der Waals surface area (Å²) in [6.45, 7) is 2.31. The van der Waals surface area contributed by atoms with Gasteiger partial charge in [-0.3, -0.25) is 4.79 Å². The third kappa shape index (κ3) is 3.20. The third-order valence-electron chi connectivity index (χ3n) is 3.14. The smallest absolute Gasteiger partial charge is 0.305 e. The molecule has 98 valence electrons. The zero-order valence-electron chi connectivity index (χ0n) is 10.1. The van der Waals surface area contributed by atoms with Gasteiger partial charge in [0.05, 0.1) is 12.5 Å². The molecule has 0 bridgehead atoms. The highest BCUT2D eigenvalue weighted by atomic mass is 19.1. The fourth-order valence-electron chi connectivity index (χ4n) is 2.29. The number of carboxylic acids is 1. The molecule has 1 unspecified atom stereocenters. The van der Waals surface area contributed by atoms with Crippen LogP contribution in [0, 0.1) is 5.82 Å². The van der Waals surface area contributed by atoms with Crippen LogP contribution in [-0.4, -0.2) is 36.8 Å². The van der Waals surface area contributed by atoms with Crippen LogP contribution < -0.4 is 10.2 Å². The summed E-state index contributed by atoms with van der Waals surface area (Å²) in [6, 6.07) is 6.14. The van der Waals surface area contributed by atoms with E-state index in [1.165, 1.54) is 12.1 Å². The Labute approximate surface area is 105 Å². The highest BCUT2D eigenvalue weighted by Crippen LogP contribution is 2.20. The van der Waals surface area contributed by atoms with E-state index in [0.29, 0.717) is 6.54 Å². The summed E-state index contributed by atoms with van der Waals surface area (Å²) < 4.78 is 12.9. The predicted molar refractivity (Wildman–Crippen MR) is 67.3 cm³/mol. The molecule has 5 heteroatoms. The van der Waals surface area contributed by atoms with Crippen molar-refractivity contribution in [1.29, 1.82) is 0 Å². The molecule has 1 fully saturated rings. The van der Waals surface area contributed by atoms with Gasteiger partial charge in [0.2, 0.25) is 0 Å². The van der Waals surface area contributed by atoms with E-state index in [2.05, 4.69) is 5.32 Å². The molecular formula is C13H17FN2O2. The van der Waals surface area contributed by atoms with Crippen molar-refractivity contribution in [2.75, 3.05) is 24.5 Å². The molecule has 1 heterocycles. The molecule has 1 aliphatic rings. The van der Waals surface area contributed by atoms with E-state index >= 15 is 0 Å². The first-order valence-electron chi connectivity index (χ1n) is 6.11. The van der Waals surface area contributed by atoms with Crippen molar-refractivity contribution < 1.29 is 14.3 Å². The molecule has 0 radical (unpaired) electrons. The molecule has 1 atom stereocenters. The van der Waals surface area contributed by atoms with Gasteiger partial charge in [-0.25, -0.2) is 4.39 Å². The minimum Gasteiger partial charge on any atom is -0.481 e. The summed E-state index contributed by atoms with van der Waals surface area (Å²) in [7, 11) is 0. The molecule has 0 amide bonds. The second-order valence-corrected chi connectivity index (χ2v) is 4.48. The largest absolute Gasteiger partial charge is 0.481 e. The molecular weight excluding hydrogens is 235 g/mol. The van der Waals surface area contributed by atoms with E-state index < -0.39 is 5.97 Å². The summed E-state index contributed by atoms with van der Waals surface area (Å²) in [6.07, 6.45) is 1.04. The Morgan fingerprint density at radius 1 is 1.44 bits per heavy atom. The second kappa shape index (κ2) is 5.82. The Bertz CT molecular complexity index is 408. The van der Waals surface area contributed by atoms with Gasteiger partial charge < -0.3 is 15.3 Å². The maximum absolute atomic E-state index is 12.9. The van der Waals surface area contributed by atoms with Crippen LogP contribution >= 0.6 is 0 Å². The summed E-state index contributed by atoms with van der Waals surface area (Å²) >= 11 is 0. The number of benzene rings is 1. The van der Waals surface area contributed by atoms with Crippen LogP contribution in [0.25, 0.3) is 0 Å². The zero-order chi connectivity index (χ0) is 13.0. The Kier molecular flexibility index (Phi) is 4.15. The SMILES string of the molecule is O=C(O)CC1CNCCCN1c1ccc(F)cc1. The summed E-state index contributed by atoms with van der Waals surface area (Å²) in [5.41, 5.74) is 0.881. The van der Waals surface area contributed by atoms with Crippen LogP contribution in [0.1, 0.15) is 12.8 Å². The van der Waals surface area contributed by atoms with Crippen molar-refractivity contribution >= 4 is 11.7 Å². The topological polar surface area (TPSA) is 52.6 Å². The average molecular weight is 252 g/mol. The molecule has 2 rings (SSSR count). The maximum atomic E-state index is 12.9. The van der Waals surface area contributed by atoms with E-state index in [9.17, 15) is 9.18 Å². The van der Waals surface area contributed by atoms with E-state index in [0.717, 1.165) is 25.2 Å². The van der Waals surface area contributed by atoms with Gasteiger partial charge in [0.15, 0.2) is 0 Å². The van der Waals surface area contributed by atoms with Gasteiger partial charge in [-0.15, -0.1) is 0 Å². The van der Waals surface area contributed by atoms with E-state index in [-0.39, 0.29) is 18.3 Å². The monoisotopic (exact) mass is 252 g/mol. The Morgan fingerprint density at radius 2 is 2.17 bits per heavy atom. The average Bonchev–Trinajstić information content (AvgIpc) is 2.55. The number of rotatable bonds is 3. The van der Waals surface area contributed by atoms with Gasteiger partial charge in [0.25, 0.3) is 0 Å². The number of carboxylic acid groups (broad SMARTS) is 1. The summed E-state index contributed by atoms with van der Waals surface area (Å²) in [4.78, 5) is 12.9. The van der Waals surface area contributed by atoms with Crippen molar-refractivity contribution in [2.24, 2.45) is 0 Å². The summed E-state index contributed by atoms with van der Waals surface area (Å²) in [5.74, 6) is -1.09. The number of nitrogens with one attached hydrogen (secondary N) is 1. The zero-order valence-corrected chi connectivity index (χ0v) is 10.1. The van der Waals surface area contributed by atoms with Crippen molar-refractivity contribution in [1.82, 2.24) is 5.32 Å². The molecule has 2 N–H and O–H groups in total. The first-order chi connectivity index (χ1) is 8.66. The van der Waals surface area contributed by atoms with Gasteiger partial charge in [0, 0.05) is 18.8 Å². The maximum Gasteiger partial charge on any atom is 0.305 e. The number of aliphatic carboxylic acids is 1. The number of halogens is 1. The lowest BCUT2D eigenvalue weighted by molar-refractivity contribution is -0.137. The van der Waals surface area contributed by atoms with Crippen LogP contribution in [-0.2, 0) is 4.79 Å². The summed E-state index contributed by atoms with van der Waals surface area (Å²) in [5, 5.41) is 12.2. The highest BCUT2D eigenvalue weighted by Gasteiger charge is 2.23. The first kappa shape index (κ1) is 12.8. The molecule has 0 aromatic heterocycles. The Hall–Kier alpha value is -1.62. The molecule has 4 nitrogen and oxygen atoms in total. The first-order valence-corrected chi connectivity index (χ1v) is 6.11. The van der Waals surface area contributed by atoms with E-state index in [4.69, 9.17) is 5.11 Å². The van der Waals surface area contributed by atoms with Crippen molar-refractivity contribution in [3.05, 3.63) is 30.1 Å². The number of carbonyl (C=O) groups is 1. The van der Waals surface area contributed by atoms with E-state index in [1.54, 1.807) is 12.1 Å². The lowest BCUT2D eigenvalue weighted by Gasteiger charge is -2.30. The number of nitrogens with zero attached hydrogens (tertiary/aromatic N) is 1. The lowest BCUT2D eigenvalue weighted by atomic mass is 10.1. The standard InChI is InChI=1S/C13H17FN2O2/c14-10-2-4-11(5-3-10)16-7-1-6-15-9-12(16)8-13(17)18/h2-5,12,15H,1,6-9H2,(H,17,18). The fraction of sp³-hybridized carbons (Fsp3) is 0.462. The Morgan fingerprint density at radius 3 is 2.83 bits per heavy atom. The Balaban J connectivity index is 2.19. The van der Waals surface area contributed by atoms with Crippen molar-refractivity contribution in [3.8, 4) is 0 Å². The van der Waals surface area contributed by atoms with Crippen LogP contribution in [0.2, 0.25) is 0 Å². The predicted octanol–water partition coefficient (Wildman–Crippen LogP) is 1.47. The van der Waals surface area contributed by atoms with Gasteiger partial charge >= 0.3 is 5.97 Å². The second-order valence-electron chi connectivity index (χ2n) is 4.48. The normalized spacial score (nSPS) is 20.5.